The van der Waals surface area contributed by atoms with Crippen LogP contribution in [-0.2, 0) is 4.79 Å². The van der Waals surface area contributed by atoms with Gasteiger partial charge in [0.1, 0.15) is 0 Å². The van der Waals surface area contributed by atoms with Gasteiger partial charge in [-0.2, -0.15) is 0 Å². The van der Waals surface area contributed by atoms with Gasteiger partial charge in [0.25, 0.3) is 5.91 Å². The molecule has 148 valence electrons. The van der Waals surface area contributed by atoms with E-state index in [0.717, 1.165) is 29.0 Å². The molecule has 1 fully saturated rings. The Morgan fingerprint density at radius 3 is 2.57 bits per heavy atom. The first-order valence-corrected chi connectivity index (χ1v) is 11.0. The van der Waals surface area contributed by atoms with E-state index >= 15 is 0 Å². The molecule has 4 nitrogen and oxygen atoms in total. The van der Waals surface area contributed by atoms with Crippen molar-refractivity contribution in [3.05, 3.63) is 58.6 Å². The van der Waals surface area contributed by atoms with Gasteiger partial charge in [0.15, 0.2) is 0 Å². The van der Waals surface area contributed by atoms with Gasteiger partial charge >= 0.3 is 0 Å². The van der Waals surface area contributed by atoms with E-state index in [1.807, 2.05) is 37.3 Å². The third-order valence-electron chi connectivity index (χ3n) is 4.90. The second kappa shape index (κ2) is 9.99. The van der Waals surface area contributed by atoms with Crippen LogP contribution in [0.3, 0.4) is 0 Å². The Balaban J connectivity index is 1.55. The van der Waals surface area contributed by atoms with Gasteiger partial charge in [0.05, 0.1) is 10.8 Å². The molecule has 3 rings (SSSR count). The highest BCUT2D eigenvalue weighted by Gasteiger charge is 2.17. The summed E-state index contributed by atoms with van der Waals surface area (Å²) >= 11 is 7.52. The van der Waals surface area contributed by atoms with Crippen molar-refractivity contribution in [2.75, 3.05) is 11.1 Å². The summed E-state index contributed by atoms with van der Waals surface area (Å²) in [6, 6.07) is 13.1. The number of hydrogen-bond donors (Lipinski definition) is 2. The molecule has 1 saturated carbocycles. The monoisotopic (exact) mass is 416 g/mol. The van der Waals surface area contributed by atoms with Crippen LogP contribution < -0.4 is 10.6 Å². The first kappa shape index (κ1) is 20.7. The third kappa shape index (κ3) is 5.76. The van der Waals surface area contributed by atoms with Crippen molar-refractivity contribution in [1.29, 1.82) is 0 Å². The lowest BCUT2D eigenvalue weighted by Crippen LogP contribution is -2.36. The summed E-state index contributed by atoms with van der Waals surface area (Å²) in [7, 11) is 0. The Morgan fingerprint density at radius 2 is 1.86 bits per heavy atom. The number of aryl methyl sites for hydroxylation is 1. The van der Waals surface area contributed by atoms with Gasteiger partial charge in [-0.1, -0.05) is 43.0 Å². The molecule has 1 aliphatic carbocycles. The van der Waals surface area contributed by atoms with Crippen molar-refractivity contribution in [2.24, 2.45) is 0 Å². The zero-order valence-corrected chi connectivity index (χ0v) is 17.5. The van der Waals surface area contributed by atoms with E-state index in [2.05, 4.69) is 10.6 Å². The highest BCUT2D eigenvalue weighted by atomic mass is 35.5. The van der Waals surface area contributed by atoms with Crippen molar-refractivity contribution in [2.45, 2.75) is 50.0 Å². The molecule has 2 amide bonds. The molecule has 0 saturated heterocycles. The number of hydrogen-bond acceptors (Lipinski definition) is 3. The number of benzene rings is 2. The van der Waals surface area contributed by atoms with E-state index in [1.54, 1.807) is 12.1 Å². The summed E-state index contributed by atoms with van der Waals surface area (Å²) in [6.07, 6.45) is 5.74. The van der Waals surface area contributed by atoms with Crippen LogP contribution in [0.15, 0.2) is 47.4 Å². The zero-order chi connectivity index (χ0) is 19.9. The fraction of sp³-hybridized carbons (Fsp3) is 0.364. The summed E-state index contributed by atoms with van der Waals surface area (Å²) in [4.78, 5) is 25.6. The SMILES string of the molecule is Cc1cc(C(=O)NC2CCCCC2)ccc1NC(=O)CSc1ccccc1Cl. The summed E-state index contributed by atoms with van der Waals surface area (Å²) in [5.74, 6) is 0.127. The zero-order valence-electron chi connectivity index (χ0n) is 16.0. The summed E-state index contributed by atoms with van der Waals surface area (Å²) in [5.41, 5.74) is 2.22. The Hall–Kier alpha value is -1.98. The maximum atomic E-state index is 12.5. The summed E-state index contributed by atoms with van der Waals surface area (Å²) in [6.45, 7) is 1.90. The predicted molar refractivity (Wildman–Crippen MR) is 116 cm³/mol. The molecule has 0 spiro atoms. The van der Waals surface area contributed by atoms with E-state index in [0.29, 0.717) is 10.6 Å². The molecule has 0 bridgehead atoms. The molecule has 28 heavy (non-hydrogen) atoms. The molecule has 0 radical (unpaired) electrons. The van der Waals surface area contributed by atoms with Crippen LogP contribution in [0.4, 0.5) is 5.69 Å². The lowest BCUT2D eigenvalue weighted by Gasteiger charge is -2.23. The second-order valence-electron chi connectivity index (χ2n) is 7.11. The Morgan fingerprint density at radius 1 is 1.11 bits per heavy atom. The van der Waals surface area contributed by atoms with Crippen molar-refractivity contribution in [3.63, 3.8) is 0 Å². The number of anilines is 1. The van der Waals surface area contributed by atoms with Crippen molar-refractivity contribution in [1.82, 2.24) is 5.32 Å². The maximum Gasteiger partial charge on any atom is 0.251 e. The number of halogens is 1. The Bertz CT molecular complexity index is 850. The molecule has 2 aromatic carbocycles. The van der Waals surface area contributed by atoms with Gasteiger partial charge in [-0.25, -0.2) is 0 Å². The van der Waals surface area contributed by atoms with Gasteiger partial charge in [0.2, 0.25) is 5.91 Å². The molecular formula is C22H25ClN2O2S. The van der Waals surface area contributed by atoms with Crippen LogP contribution in [0.1, 0.15) is 48.0 Å². The molecule has 2 aromatic rings. The van der Waals surface area contributed by atoms with Crippen LogP contribution in [0.5, 0.6) is 0 Å². The molecule has 1 aliphatic rings. The van der Waals surface area contributed by atoms with Gasteiger partial charge in [0, 0.05) is 22.2 Å². The third-order valence-corrected chi connectivity index (χ3v) is 6.41. The molecule has 6 heteroatoms. The number of amides is 2. The lowest BCUT2D eigenvalue weighted by molar-refractivity contribution is -0.113. The van der Waals surface area contributed by atoms with Crippen LogP contribution >= 0.6 is 23.4 Å². The lowest BCUT2D eigenvalue weighted by atomic mass is 9.95. The van der Waals surface area contributed by atoms with Gasteiger partial charge < -0.3 is 10.6 Å². The van der Waals surface area contributed by atoms with E-state index in [-0.39, 0.29) is 23.6 Å². The Kier molecular flexibility index (Phi) is 7.40. The van der Waals surface area contributed by atoms with Gasteiger partial charge in [-0.15, -0.1) is 11.8 Å². The first-order valence-electron chi connectivity index (χ1n) is 9.61. The van der Waals surface area contributed by atoms with Gasteiger partial charge in [-0.3, -0.25) is 9.59 Å². The maximum absolute atomic E-state index is 12.5. The minimum absolute atomic E-state index is 0.0397. The van der Waals surface area contributed by atoms with Gasteiger partial charge in [-0.05, 0) is 55.7 Å². The molecule has 0 unspecified atom stereocenters. The molecule has 0 aliphatic heterocycles. The van der Waals surface area contributed by atoms with Crippen LogP contribution in [0.25, 0.3) is 0 Å². The summed E-state index contributed by atoms with van der Waals surface area (Å²) in [5, 5.41) is 6.68. The molecule has 0 aromatic heterocycles. The largest absolute Gasteiger partial charge is 0.349 e. The van der Waals surface area contributed by atoms with E-state index in [9.17, 15) is 9.59 Å². The topological polar surface area (TPSA) is 58.2 Å². The molecular weight excluding hydrogens is 392 g/mol. The Labute approximate surface area is 175 Å². The minimum atomic E-state index is -0.104. The fourth-order valence-corrected chi connectivity index (χ4v) is 4.39. The highest BCUT2D eigenvalue weighted by Crippen LogP contribution is 2.27. The van der Waals surface area contributed by atoms with Crippen LogP contribution in [0, 0.1) is 6.92 Å². The van der Waals surface area contributed by atoms with Crippen molar-refractivity contribution in [3.8, 4) is 0 Å². The molecule has 0 atom stereocenters. The standard InChI is InChI=1S/C22H25ClN2O2S/c1-15-13-16(22(27)24-17-7-3-2-4-8-17)11-12-19(15)25-21(26)14-28-20-10-6-5-9-18(20)23/h5-6,9-13,17H,2-4,7-8,14H2,1H3,(H,24,27)(H,25,26). The summed E-state index contributed by atoms with van der Waals surface area (Å²) < 4.78 is 0. The number of thioether (sulfide) groups is 1. The average molecular weight is 417 g/mol. The highest BCUT2D eigenvalue weighted by molar-refractivity contribution is 8.00. The van der Waals surface area contributed by atoms with Crippen molar-refractivity contribution < 1.29 is 9.59 Å². The van der Waals surface area contributed by atoms with E-state index in [1.165, 1.54) is 31.0 Å². The predicted octanol–water partition coefficient (Wildman–Crippen LogP) is 5.44. The normalized spacial score (nSPS) is 14.5. The first-order chi connectivity index (χ1) is 13.5. The van der Waals surface area contributed by atoms with E-state index in [4.69, 9.17) is 11.6 Å². The van der Waals surface area contributed by atoms with Crippen molar-refractivity contribution >= 4 is 40.9 Å². The van der Waals surface area contributed by atoms with Crippen LogP contribution in [-0.4, -0.2) is 23.6 Å². The second-order valence-corrected chi connectivity index (χ2v) is 8.53. The molecule has 0 heterocycles. The average Bonchev–Trinajstić information content (AvgIpc) is 2.69. The molecule has 2 N–H and O–H groups in total. The van der Waals surface area contributed by atoms with Crippen LogP contribution in [0.2, 0.25) is 5.02 Å². The minimum Gasteiger partial charge on any atom is -0.349 e. The smallest absolute Gasteiger partial charge is 0.251 e. The number of carbonyl (C=O) groups is 2. The number of carbonyl (C=O) groups excluding carboxylic acids is 2. The van der Waals surface area contributed by atoms with E-state index < -0.39 is 0 Å². The number of rotatable bonds is 6. The fourth-order valence-electron chi connectivity index (χ4n) is 3.35. The quantitative estimate of drug-likeness (QED) is 0.616. The number of nitrogens with one attached hydrogen (secondary N) is 2.